The van der Waals surface area contributed by atoms with E-state index in [4.69, 9.17) is 9.47 Å². The summed E-state index contributed by atoms with van der Waals surface area (Å²) in [6, 6.07) is 5.68. The van der Waals surface area contributed by atoms with Crippen molar-refractivity contribution in [1.82, 2.24) is 0 Å². The summed E-state index contributed by atoms with van der Waals surface area (Å²) in [5.74, 6) is 0.817. The van der Waals surface area contributed by atoms with Crippen LogP contribution in [0, 0.1) is 0 Å². The van der Waals surface area contributed by atoms with Gasteiger partial charge in [-0.1, -0.05) is 25.7 Å². The minimum atomic E-state index is -1.66. The average molecular weight is 295 g/mol. The molecule has 20 heavy (non-hydrogen) atoms. The Hall–Kier alpha value is -1.49. The molecule has 1 aromatic rings. The van der Waals surface area contributed by atoms with Crippen LogP contribution in [0.4, 0.5) is 10.5 Å². The number of rotatable bonds is 3. The number of hydrogen-bond acceptors (Lipinski definition) is 3. The summed E-state index contributed by atoms with van der Waals surface area (Å²) >= 11 is 0. The number of amides is 1. The van der Waals surface area contributed by atoms with Gasteiger partial charge >= 0.3 is 6.09 Å². The van der Waals surface area contributed by atoms with Gasteiger partial charge < -0.3 is 9.47 Å². The summed E-state index contributed by atoms with van der Waals surface area (Å²) in [6.45, 7) is 12.2. The van der Waals surface area contributed by atoms with E-state index in [1.165, 1.54) is 0 Å². The van der Waals surface area contributed by atoms with Crippen LogP contribution in [0.5, 0.6) is 5.75 Å². The van der Waals surface area contributed by atoms with E-state index in [2.05, 4.69) is 25.0 Å². The van der Waals surface area contributed by atoms with Crippen molar-refractivity contribution in [2.75, 3.05) is 12.4 Å². The van der Waals surface area contributed by atoms with E-state index in [1.807, 2.05) is 39.0 Å². The van der Waals surface area contributed by atoms with Crippen LogP contribution < -0.4 is 15.2 Å². The topological polar surface area (TPSA) is 47.6 Å². The second-order valence-electron chi connectivity index (χ2n) is 6.76. The monoisotopic (exact) mass is 295 g/mol. The Bertz CT molecular complexity index is 487. The fourth-order valence-corrected chi connectivity index (χ4v) is 3.87. The van der Waals surface area contributed by atoms with Crippen molar-refractivity contribution in [1.29, 1.82) is 0 Å². The van der Waals surface area contributed by atoms with Crippen LogP contribution in [-0.4, -0.2) is 26.9 Å². The first-order valence-corrected chi connectivity index (χ1v) is 10.2. The van der Waals surface area contributed by atoms with Gasteiger partial charge in [-0.15, -0.1) is 0 Å². The average Bonchev–Trinajstić information content (AvgIpc) is 2.24. The van der Waals surface area contributed by atoms with Crippen LogP contribution in [0.3, 0.4) is 0 Å². The maximum Gasteiger partial charge on any atom is 0.412 e. The zero-order valence-electron chi connectivity index (χ0n) is 13.5. The third-order valence-corrected chi connectivity index (χ3v) is 4.65. The molecule has 0 saturated carbocycles. The molecule has 112 valence electrons. The maximum absolute atomic E-state index is 11.9. The molecule has 0 aliphatic heterocycles. The Kier molecular flexibility index (Phi) is 4.86. The SMILES string of the molecule is COc1cccc(NC(=O)OC(C)(C)C)c1[Si](C)(C)C. The van der Waals surface area contributed by atoms with Crippen LogP contribution in [0.1, 0.15) is 20.8 Å². The number of hydrogen-bond donors (Lipinski definition) is 1. The van der Waals surface area contributed by atoms with Gasteiger partial charge in [0.25, 0.3) is 0 Å². The zero-order valence-corrected chi connectivity index (χ0v) is 14.5. The van der Waals surface area contributed by atoms with Gasteiger partial charge in [0.15, 0.2) is 0 Å². The highest BCUT2D eigenvalue weighted by atomic mass is 28.3. The second-order valence-corrected chi connectivity index (χ2v) is 11.8. The molecule has 0 fully saturated rings. The van der Waals surface area contributed by atoms with Crippen molar-refractivity contribution in [3.8, 4) is 5.75 Å². The summed E-state index contributed by atoms with van der Waals surface area (Å²) in [6.07, 6.45) is -0.440. The number of methoxy groups -OCH3 is 1. The van der Waals surface area contributed by atoms with Gasteiger partial charge in [-0.05, 0) is 32.9 Å². The zero-order chi connectivity index (χ0) is 15.6. The molecular weight excluding hydrogens is 270 g/mol. The Morgan fingerprint density at radius 3 is 2.25 bits per heavy atom. The van der Waals surface area contributed by atoms with Crippen molar-refractivity contribution in [3.63, 3.8) is 0 Å². The molecule has 0 aromatic heterocycles. The quantitative estimate of drug-likeness (QED) is 0.867. The molecule has 1 aromatic carbocycles. The number of ether oxygens (including phenoxy) is 2. The van der Waals surface area contributed by atoms with E-state index in [1.54, 1.807) is 7.11 Å². The highest BCUT2D eigenvalue weighted by Crippen LogP contribution is 2.21. The standard InChI is InChI=1S/C15H25NO3Si/c1-15(2,3)19-14(17)16-11-9-8-10-12(18-4)13(11)20(5,6)7/h8-10H,1-7H3,(H,16,17). The molecule has 5 heteroatoms. The normalized spacial score (nSPS) is 11.9. The van der Waals surface area contributed by atoms with Gasteiger partial charge in [-0.25, -0.2) is 4.79 Å². The number of carbonyl (C=O) groups is 1. The van der Waals surface area contributed by atoms with Gasteiger partial charge in [0.1, 0.15) is 11.4 Å². The van der Waals surface area contributed by atoms with Gasteiger partial charge in [0, 0.05) is 10.9 Å². The summed E-state index contributed by atoms with van der Waals surface area (Å²) in [5, 5.41) is 3.93. The lowest BCUT2D eigenvalue weighted by Crippen LogP contribution is -2.41. The van der Waals surface area contributed by atoms with E-state index in [-0.39, 0.29) is 0 Å². The highest BCUT2D eigenvalue weighted by Gasteiger charge is 2.26. The molecule has 0 atom stereocenters. The molecule has 0 radical (unpaired) electrons. The number of anilines is 1. The van der Waals surface area contributed by atoms with Gasteiger partial charge in [0.2, 0.25) is 0 Å². The Morgan fingerprint density at radius 1 is 1.20 bits per heavy atom. The first-order valence-electron chi connectivity index (χ1n) is 6.72. The number of nitrogens with one attached hydrogen (secondary N) is 1. The fourth-order valence-electron chi connectivity index (χ4n) is 1.99. The first-order chi connectivity index (χ1) is 9.04. The number of benzene rings is 1. The minimum absolute atomic E-state index is 0.440. The van der Waals surface area contributed by atoms with Crippen LogP contribution in [0.2, 0.25) is 19.6 Å². The minimum Gasteiger partial charge on any atom is -0.497 e. The molecule has 0 unspecified atom stereocenters. The molecule has 1 rings (SSSR count). The molecule has 0 aliphatic carbocycles. The third-order valence-electron chi connectivity index (χ3n) is 2.63. The van der Waals surface area contributed by atoms with Crippen LogP contribution >= 0.6 is 0 Å². The van der Waals surface area contributed by atoms with E-state index in [0.29, 0.717) is 0 Å². The lowest BCUT2D eigenvalue weighted by molar-refractivity contribution is 0.0636. The summed E-state index contributed by atoms with van der Waals surface area (Å²) in [7, 11) is -0.0151. The van der Waals surface area contributed by atoms with Crippen LogP contribution in [0.15, 0.2) is 18.2 Å². The van der Waals surface area contributed by atoms with Crippen molar-refractivity contribution >= 4 is 25.0 Å². The third kappa shape index (κ3) is 4.56. The van der Waals surface area contributed by atoms with E-state index >= 15 is 0 Å². The van der Waals surface area contributed by atoms with Crippen molar-refractivity contribution in [2.24, 2.45) is 0 Å². The van der Waals surface area contributed by atoms with Crippen molar-refractivity contribution in [2.45, 2.75) is 46.0 Å². The summed E-state index contributed by atoms with van der Waals surface area (Å²) in [5.41, 5.74) is 0.264. The lowest BCUT2D eigenvalue weighted by Gasteiger charge is -2.25. The van der Waals surface area contributed by atoms with Crippen LogP contribution in [0.25, 0.3) is 0 Å². The smallest absolute Gasteiger partial charge is 0.412 e. The molecule has 0 heterocycles. The molecule has 4 nitrogen and oxygen atoms in total. The van der Waals surface area contributed by atoms with E-state index < -0.39 is 19.8 Å². The van der Waals surface area contributed by atoms with E-state index in [9.17, 15) is 4.79 Å². The summed E-state index contributed by atoms with van der Waals surface area (Å²) in [4.78, 5) is 11.9. The Balaban J connectivity index is 3.10. The molecule has 0 aliphatic rings. The Labute approximate surface area is 122 Å². The summed E-state index contributed by atoms with van der Waals surface area (Å²) < 4.78 is 10.7. The van der Waals surface area contributed by atoms with Crippen LogP contribution in [-0.2, 0) is 4.74 Å². The predicted molar refractivity (Wildman–Crippen MR) is 85.8 cm³/mol. The van der Waals surface area contributed by atoms with E-state index in [0.717, 1.165) is 16.6 Å². The van der Waals surface area contributed by atoms with Crippen molar-refractivity contribution in [3.05, 3.63) is 18.2 Å². The molecule has 1 N–H and O–H groups in total. The van der Waals surface area contributed by atoms with Gasteiger partial charge in [0.05, 0.1) is 15.2 Å². The first kappa shape index (κ1) is 16.6. The Morgan fingerprint density at radius 2 is 1.80 bits per heavy atom. The molecule has 0 bridgehead atoms. The fraction of sp³-hybridized carbons (Fsp3) is 0.533. The molecule has 0 saturated heterocycles. The number of carbonyl (C=O) groups excluding carboxylic acids is 1. The lowest BCUT2D eigenvalue weighted by atomic mass is 10.2. The molecular formula is C15H25NO3Si. The van der Waals surface area contributed by atoms with Crippen molar-refractivity contribution < 1.29 is 14.3 Å². The van der Waals surface area contributed by atoms with Gasteiger partial charge in [-0.2, -0.15) is 0 Å². The largest absolute Gasteiger partial charge is 0.497 e. The van der Waals surface area contributed by atoms with Gasteiger partial charge in [-0.3, -0.25) is 5.32 Å². The molecule has 0 spiro atoms. The maximum atomic E-state index is 11.9. The molecule has 1 amide bonds. The predicted octanol–water partition coefficient (Wildman–Crippen LogP) is 3.59. The second kappa shape index (κ2) is 5.87. The highest BCUT2D eigenvalue weighted by molar-refractivity contribution is 6.90.